The lowest BCUT2D eigenvalue weighted by Crippen LogP contribution is -2.32. The van der Waals surface area contributed by atoms with E-state index < -0.39 is 12.1 Å². The number of anilines is 1. The number of aliphatic hydroxyl groups excluding tert-OH is 1. The Bertz CT molecular complexity index is 462. The molecule has 2 rings (SSSR count). The number of pyridine rings is 1. The molecular weight excluding hydrogens is 244 g/mol. The van der Waals surface area contributed by atoms with Crippen molar-refractivity contribution in [1.29, 1.82) is 0 Å². The molecule has 1 aliphatic carbocycles. The lowest BCUT2D eigenvalue weighted by Gasteiger charge is -2.22. The van der Waals surface area contributed by atoms with Crippen molar-refractivity contribution in [3.63, 3.8) is 0 Å². The van der Waals surface area contributed by atoms with Crippen molar-refractivity contribution in [3.8, 4) is 0 Å². The maximum Gasteiger partial charge on any atom is 0.335 e. The summed E-state index contributed by atoms with van der Waals surface area (Å²) in [7, 11) is 0. The molecule has 1 fully saturated rings. The number of nitrogens with one attached hydrogen (secondary N) is 1. The predicted octanol–water partition coefficient (Wildman–Crippen LogP) is 2.19. The van der Waals surface area contributed by atoms with E-state index in [0.717, 1.165) is 32.1 Å². The van der Waals surface area contributed by atoms with Gasteiger partial charge in [-0.25, -0.2) is 9.78 Å². The number of aromatic carboxylic acids is 1. The smallest absolute Gasteiger partial charge is 0.335 e. The van der Waals surface area contributed by atoms with Gasteiger partial charge >= 0.3 is 5.97 Å². The summed E-state index contributed by atoms with van der Waals surface area (Å²) in [5.74, 6) is -0.432. The van der Waals surface area contributed by atoms with Gasteiger partial charge in [0, 0.05) is 5.69 Å². The van der Waals surface area contributed by atoms with Gasteiger partial charge in [-0.05, 0) is 31.9 Å². The van der Waals surface area contributed by atoms with Crippen LogP contribution in [0.2, 0.25) is 0 Å². The van der Waals surface area contributed by atoms with E-state index >= 15 is 0 Å². The fourth-order valence-corrected chi connectivity index (χ4v) is 2.51. The van der Waals surface area contributed by atoms with Crippen molar-refractivity contribution in [2.75, 3.05) is 5.32 Å². The molecule has 0 aliphatic heterocycles. The van der Waals surface area contributed by atoms with Gasteiger partial charge in [0.05, 0.1) is 17.7 Å². The second kappa shape index (κ2) is 6.02. The van der Waals surface area contributed by atoms with E-state index in [1.807, 2.05) is 0 Å². The SMILES string of the molecule is Cc1cc(C(=O)O)cc(NC2CCCCCC2O)n1. The number of hydrogen-bond acceptors (Lipinski definition) is 4. The van der Waals surface area contributed by atoms with Crippen molar-refractivity contribution in [1.82, 2.24) is 4.98 Å². The molecule has 0 amide bonds. The van der Waals surface area contributed by atoms with Crippen molar-refractivity contribution >= 4 is 11.8 Å². The van der Waals surface area contributed by atoms with Crippen molar-refractivity contribution in [2.45, 2.75) is 51.2 Å². The first-order chi connectivity index (χ1) is 9.06. The first kappa shape index (κ1) is 13.8. The first-order valence-electron chi connectivity index (χ1n) is 6.73. The molecule has 1 saturated carbocycles. The van der Waals surface area contributed by atoms with Crippen LogP contribution in [-0.2, 0) is 0 Å². The fourth-order valence-electron chi connectivity index (χ4n) is 2.51. The Morgan fingerprint density at radius 1 is 1.32 bits per heavy atom. The standard InChI is InChI=1S/C14H20N2O3/c1-9-7-10(14(18)19)8-13(15-9)16-11-5-3-2-4-6-12(11)17/h7-8,11-12,17H,2-6H2,1H3,(H,15,16)(H,18,19). The van der Waals surface area contributed by atoms with Crippen LogP contribution in [0.15, 0.2) is 12.1 Å². The maximum absolute atomic E-state index is 11.0. The predicted molar refractivity (Wildman–Crippen MR) is 72.4 cm³/mol. The van der Waals surface area contributed by atoms with Crippen molar-refractivity contribution in [2.24, 2.45) is 0 Å². The summed E-state index contributed by atoms with van der Waals surface area (Å²) >= 11 is 0. The molecule has 0 spiro atoms. The van der Waals surface area contributed by atoms with Gasteiger partial charge in [-0.3, -0.25) is 0 Å². The topological polar surface area (TPSA) is 82.5 Å². The highest BCUT2D eigenvalue weighted by Gasteiger charge is 2.22. The Hall–Kier alpha value is -1.62. The third kappa shape index (κ3) is 3.67. The third-order valence-corrected chi connectivity index (χ3v) is 3.51. The number of aryl methyl sites for hydroxylation is 1. The molecule has 5 nitrogen and oxygen atoms in total. The zero-order valence-corrected chi connectivity index (χ0v) is 11.1. The highest BCUT2D eigenvalue weighted by Crippen LogP contribution is 2.21. The van der Waals surface area contributed by atoms with Crippen LogP contribution in [0.3, 0.4) is 0 Å². The molecule has 19 heavy (non-hydrogen) atoms. The van der Waals surface area contributed by atoms with Crippen LogP contribution in [0.4, 0.5) is 5.82 Å². The van der Waals surface area contributed by atoms with Gasteiger partial charge < -0.3 is 15.5 Å². The Labute approximate surface area is 112 Å². The lowest BCUT2D eigenvalue weighted by atomic mass is 10.1. The van der Waals surface area contributed by atoms with E-state index in [0.29, 0.717) is 11.5 Å². The van der Waals surface area contributed by atoms with Crippen LogP contribution in [0.5, 0.6) is 0 Å². The van der Waals surface area contributed by atoms with Gasteiger partial charge in [-0.1, -0.05) is 19.3 Å². The molecule has 1 heterocycles. The molecule has 1 aromatic heterocycles. The van der Waals surface area contributed by atoms with Crippen LogP contribution in [-0.4, -0.2) is 33.3 Å². The molecule has 1 aromatic rings. The summed E-state index contributed by atoms with van der Waals surface area (Å²) in [6.07, 6.45) is 4.54. The molecule has 0 radical (unpaired) electrons. The van der Waals surface area contributed by atoms with Gasteiger partial charge in [0.2, 0.25) is 0 Å². The van der Waals surface area contributed by atoms with Crippen molar-refractivity contribution < 1.29 is 15.0 Å². The molecule has 2 atom stereocenters. The monoisotopic (exact) mass is 264 g/mol. The van der Waals surface area contributed by atoms with Gasteiger partial charge in [-0.15, -0.1) is 0 Å². The summed E-state index contributed by atoms with van der Waals surface area (Å²) in [4.78, 5) is 15.3. The highest BCUT2D eigenvalue weighted by molar-refractivity contribution is 5.88. The van der Waals surface area contributed by atoms with Crippen LogP contribution in [0.25, 0.3) is 0 Å². The highest BCUT2D eigenvalue weighted by atomic mass is 16.4. The zero-order valence-electron chi connectivity index (χ0n) is 11.1. The van der Waals surface area contributed by atoms with Gasteiger partial charge in [0.15, 0.2) is 0 Å². The summed E-state index contributed by atoms with van der Waals surface area (Å²) in [6, 6.07) is 3.02. The molecular formula is C14H20N2O3. The van der Waals surface area contributed by atoms with Gasteiger partial charge in [-0.2, -0.15) is 0 Å². The van der Waals surface area contributed by atoms with Crippen LogP contribution >= 0.6 is 0 Å². The summed E-state index contributed by atoms with van der Waals surface area (Å²) in [5, 5.41) is 22.3. The Balaban J connectivity index is 2.15. The number of hydrogen-bond donors (Lipinski definition) is 3. The minimum Gasteiger partial charge on any atom is -0.478 e. The molecule has 0 aromatic carbocycles. The minimum atomic E-state index is -0.963. The summed E-state index contributed by atoms with van der Waals surface area (Å²) < 4.78 is 0. The largest absolute Gasteiger partial charge is 0.478 e. The molecule has 1 aliphatic rings. The van der Waals surface area contributed by atoms with Crippen LogP contribution in [0.1, 0.15) is 48.2 Å². The van der Waals surface area contributed by atoms with E-state index in [4.69, 9.17) is 5.11 Å². The Morgan fingerprint density at radius 2 is 2.05 bits per heavy atom. The quantitative estimate of drug-likeness (QED) is 0.729. The Kier molecular flexibility index (Phi) is 4.37. The molecule has 3 N–H and O–H groups in total. The molecule has 0 bridgehead atoms. The number of carbonyl (C=O) groups is 1. The fraction of sp³-hybridized carbons (Fsp3) is 0.571. The molecule has 0 saturated heterocycles. The zero-order chi connectivity index (χ0) is 13.8. The number of aromatic nitrogens is 1. The van der Waals surface area contributed by atoms with Crippen LogP contribution < -0.4 is 5.32 Å². The van der Waals surface area contributed by atoms with E-state index in [1.54, 1.807) is 6.92 Å². The first-order valence-corrected chi connectivity index (χ1v) is 6.73. The average Bonchev–Trinajstić information content (AvgIpc) is 2.54. The number of aliphatic hydroxyl groups is 1. The minimum absolute atomic E-state index is 0.0431. The summed E-state index contributed by atoms with van der Waals surface area (Å²) in [5.41, 5.74) is 0.878. The molecule has 2 unspecified atom stereocenters. The van der Waals surface area contributed by atoms with Crippen LogP contribution in [0, 0.1) is 6.92 Å². The number of carboxylic acids is 1. The Morgan fingerprint density at radius 3 is 2.79 bits per heavy atom. The second-order valence-corrected chi connectivity index (χ2v) is 5.14. The normalized spacial score (nSPS) is 23.7. The number of rotatable bonds is 3. The molecule has 104 valence electrons. The van der Waals surface area contributed by atoms with E-state index in [9.17, 15) is 9.90 Å². The summed E-state index contributed by atoms with van der Waals surface area (Å²) in [6.45, 7) is 1.77. The van der Waals surface area contributed by atoms with E-state index in [1.165, 1.54) is 12.1 Å². The average molecular weight is 264 g/mol. The number of nitrogens with zero attached hydrogens (tertiary/aromatic N) is 1. The molecule has 5 heteroatoms. The van der Waals surface area contributed by atoms with Gasteiger partial charge in [0.1, 0.15) is 5.82 Å². The number of carboxylic acid groups (broad SMARTS) is 1. The maximum atomic E-state index is 11.0. The van der Waals surface area contributed by atoms with Gasteiger partial charge in [0.25, 0.3) is 0 Å². The van der Waals surface area contributed by atoms with E-state index in [-0.39, 0.29) is 11.6 Å². The third-order valence-electron chi connectivity index (χ3n) is 3.51. The second-order valence-electron chi connectivity index (χ2n) is 5.14. The van der Waals surface area contributed by atoms with Crippen molar-refractivity contribution in [3.05, 3.63) is 23.4 Å². The lowest BCUT2D eigenvalue weighted by molar-refractivity contribution is 0.0696. The van der Waals surface area contributed by atoms with E-state index in [2.05, 4.69) is 10.3 Å².